The molecule has 0 aliphatic carbocycles. The minimum absolute atomic E-state index is 0.280. The monoisotopic (exact) mass is 313 g/mol. The Morgan fingerprint density at radius 3 is 2.90 bits per heavy atom. The molecule has 5 heteroatoms. The maximum atomic E-state index is 9.93. The summed E-state index contributed by atoms with van der Waals surface area (Å²) in [4.78, 5) is 0. The topological polar surface area (TPSA) is 50.7 Å². The molecule has 21 heavy (non-hydrogen) atoms. The van der Waals surface area contributed by atoms with Crippen molar-refractivity contribution in [1.29, 1.82) is 0 Å². The second-order valence-electron chi connectivity index (χ2n) is 5.59. The molecule has 0 saturated carbocycles. The van der Waals surface area contributed by atoms with E-state index in [2.05, 4.69) is 5.32 Å². The minimum Gasteiger partial charge on any atom is -0.491 e. The number of hydrogen-bond donors (Lipinski definition) is 2. The van der Waals surface area contributed by atoms with Crippen molar-refractivity contribution in [2.24, 2.45) is 5.92 Å². The molecule has 0 aromatic heterocycles. The van der Waals surface area contributed by atoms with Crippen molar-refractivity contribution in [1.82, 2.24) is 5.32 Å². The van der Waals surface area contributed by atoms with Gasteiger partial charge < -0.3 is 19.9 Å². The van der Waals surface area contributed by atoms with Gasteiger partial charge in [0.2, 0.25) is 0 Å². The Morgan fingerprint density at radius 2 is 2.19 bits per heavy atom. The van der Waals surface area contributed by atoms with Crippen LogP contribution in [0.2, 0.25) is 5.02 Å². The van der Waals surface area contributed by atoms with Crippen LogP contribution in [0, 0.1) is 12.8 Å². The van der Waals surface area contributed by atoms with Crippen LogP contribution in [-0.2, 0) is 4.74 Å². The summed E-state index contributed by atoms with van der Waals surface area (Å²) in [7, 11) is 0. The molecule has 0 amide bonds. The summed E-state index contributed by atoms with van der Waals surface area (Å²) >= 11 is 5.96. The zero-order valence-electron chi connectivity index (χ0n) is 12.5. The van der Waals surface area contributed by atoms with Crippen molar-refractivity contribution in [3.05, 3.63) is 28.8 Å². The first-order valence-electron chi connectivity index (χ1n) is 7.50. The summed E-state index contributed by atoms with van der Waals surface area (Å²) < 4.78 is 10.9. The molecule has 2 N–H and O–H groups in total. The fraction of sp³-hybridized carbons (Fsp3) is 0.625. The van der Waals surface area contributed by atoms with Gasteiger partial charge in [0.15, 0.2) is 0 Å². The molecule has 2 rings (SSSR count). The molecule has 1 aromatic carbocycles. The second kappa shape index (κ2) is 8.59. The number of aryl methyl sites for hydroxylation is 1. The largest absolute Gasteiger partial charge is 0.491 e. The average Bonchev–Trinajstić information content (AvgIpc) is 2.49. The molecule has 4 nitrogen and oxygen atoms in total. The Bertz CT molecular complexity index is 436. The van der Waals surface area contributed by atoms with Crippen LogP contribution in [0.25, 0.3) is 0 Å². The summed E-state index contributed by atoms with van der Waals surface area (Å²) in [5.74, 6) is 1.39. The summed E-state index contributed by atoms with van der Waals surface area (Å²) in [5.41, 5.74) is 0.973. The van der Waals surface area contributed by atoms with Crippen molar-refractivity contribution >= 4 is 11.6 Å². The highest BCUT2D eigenvalue weighted by Gasteiger charge is 2.14. The van der Waals surface area contributed by atoms with Crippen molar-refractivity contribution in [2.75, 3.05) is 32.9 Å². The predicted octanol–water partition coefficient (Wildman–Crippen LogP) is 2.40. The molecular weight excluding hydrogens is 290 g/mol. The lowest BCUT2D eigenvalue weighted by Crippen LogP contribution is -2.35. The van der Waals surface area contributed by atoms with Crippen LogP contribution in [0.3, 0.4) is 0 Å². The van der Waals surface area contributed by atoms with E-state index in [9.17, 15) is 5.11 Å². The van der Waals surface area contributed by atoms with E-state index in [0.29, 0.717) is 12.5 Å². The van der Waals surface area contributed by atoms with Crippen LogP contribution >= 0.6 is 11.6 Å². The third-order valence-electron chi connectivity index (χ3n) is 3.73. The standard InChI is InChI=1S/C16H24ClNO3/c1-12-8-15(2-3-16(12)17)21-11-14(19)10-18-9-13-4-6-20-7-5-13/h2-3,8,13-14,18-19H,4-7,9-11H2,1H3. The van der Waals surface area contributed by atoms with Crippen molar-refractivity contribution in [2.45, 2.75) is 25.9 Å². The number of rotatable bonds is 7. The van der Waals surface area contributed by atoms with Gasteiger partial charge in [0.25, 0.3) is 0 Å². The molecule has 1 saturated heterocycles. The number of nitrogens with one attached hydrogen (secondary N) is 1. The molecule has 0 spiro atoms. The van der Waals surface area contributed by atoms with Gasteiger partial charge in [0, 0.05) is 24.8 Å². The lowest BCUT2D eigenvalue weighted by molar-refractivity contribution is 0.0630. The van der Waals surface area contributed by atoms with Crippen LogP contribution in [0.1, 0.15) is 18.4 Å². The van der Waals surface area contributed by atoms with E-state index >= 15 is 0 Å². The van der Waals surface area contributed by atoms with Gasteiger partial charge in [-0.2, -0.15) is 0 Å². The molecular formula is C16H24ClNO3. The van der Waals surface area contributed by atoms with Crippen LogP contribution < -0.4 is 10.1 Å². The summed E-state index contributed by atoms with van der Waals surface area (Å²) in [6.45, 7) is 5.40. The number of aliphatic hydroxyl groups excluding tert-OH is 1. The molecule has 0 radical (unpaired) electrons. The first-order chi connectivity index (χ1) is 10.1. The number of aliphatic hydroxyl groups is 1. The Balaban J connectivity index is 1.62. The van der Waals surface area contributed by atoms with Crippen molar-refractivity contribution < 1.29 is 14.6 Å². The Kier molecular flexibility index (Phi) is 6.77. The highest BCUT2D eigenvalue weighted by Crippen LogP contribution is 2.21. The van der Waals surface area contributed by atoms with Crippen LogP contribution in [-0.4, -0.2) is 44.1 Å². The van der Waals surface area contributed by atoms with Gasteiger partial charge in [-0.3, -0.25) is 0 Å². The average molecular weight is 314 g/mol. The molecule has 1 atom stereocenters. The van der Waals surface area contributed by atoms with Gasteiger partial charge in [0.1, 0.15) is 18.5 Å². The molecule has 1 heterocycles. The van der Waals surface area contributed by atoms with E-state index in [0.717, 1.165) is 48.9 Å². The smallest absolute Gasteiger partial charge is 0.119 e. The third kappa shape index (κ3) is 5.83. The van der Waals surface area contributed by atoms with E-state index in [1.165, 1.54) is 0 Å². The van der Waals surface area contributed by atoms with Gasteiger partial charge in [-0.25, -0.2) is 0 Å². The zero-order valence-corrected chi connectivity index (χ0v) is 13.2. The predicted molar refractivity (Wildman–Crippen MR) is 84.1 cm³/mol. The van der Waals surface area contributed by atoms with Crippen LogP contribution in [0.15, 0.2) is 18.2 Å². The summed E-state index contributed by atoms with van der Waals surface area (Å²) in [6.07, 6.45) is 1.69. The molecule has 1 aliphatic rings. The van der Waals surface area contributed by atoms with Gasteiger partial charge in [0.05, 0.1) is 0 Å². The van der Waals surface area contributed by atoms with E-state index < -0.39 is 6.10 Å². The van der Waals surface area contributed by atoms with E-state index in [-0.39, 0.29) is 6.61 Å². The molecule has 1 fully saturated rings. The second-order valence-corrected chi connectivity index (χ2v) is 6.00. The summed E-state index contributed by atoms with van der Waals surface area (Å²) in [5, 5.41) is 14.0. The van der Waals surface area contributed by atoms with E-state index in [1.807, 2.05) is 25.1 Å². The molecule has 1 unspecified atom stereocenters. The molecule has 1 aliphatic heterocycles. The Morgan fingerprint density at radius 1 is 1.43 bits per heavy atom. The van der Waals surface area contributed by atoms with Crippen LogP contribution in [0.4, 0.5) is 0 Å². The summed E-state index contributed by atoms with van der Waals surface area (Å²) in [6, 6.07) is 5.50. The number of benzene rings is 1. The van der Waals surface area contributed by atoms with Gasteiger partial charge in [-0.05, 0) is 56.0 Å². The first-order valence-corrected chi connectivity index (χ1v) is 7.88. The molecule has 1 aromatic rings. The minimum atomic E-state index is -0.513. The van der Waals surface area contributed by atoms with Crippen molar-refractivity contribution in [3.63, 3.8) is 0 Å². The highest BCUT2D eigenvalue weighted by molar-refractivity contribution is 6.31. The number of halogens is 1. The maximum Gasteiger partial charge on any atom is 0.119 e. The van der Waals surface area contributed by atoms with Crippen LogP contribution in [0.5, 0.6) is 5.75 Å². The Hall–Kier alpha value is -0.810. The highest BCUT2D eigenvalue weighted by atomic mass is 35.5. The number of ether oxygens (including phenoxy) is 2. The third-order valence-corrected chi connectivity index (χ3v) is 4.15. The molecule has 118 valence electrons. The van der Waals surface area contributed by atoms with Gasteiger partial charge in [-0.15, -0.1) is 0 Å². The normalized spacial score (nSPS) is 17.7. The van der Waals surface area contributed by atoms with Crippen molar-refractivity contribution in [3.8, 4) is 5.75 Å². The fourth-order valence-corrected chi connectivity index (χ4v) is 2.48. The zero-order chi connectivity index (χ0) is 15.1. The van der Waals surface area contributed by atoms with Gasteiger partial charge in [-0.1, -0.05) is 11.6 Å². The molecule has 0 bridgehead atoms. The quantitative estimate of drug-likeness (QED) is 0.811. The SMILES string of the molecule is Cc1cc(OCC(O)CNCC2CCOCC2)ccc1Cl. The lowest BCUT2D eigenvalue weighted by Gasteiger charge is -2.23. The van der Waals surface area contributed by atoms with Gasteiger partial charge >= 0.3 is 0 Å². The van der Waals surface area contributed by atoms with E-state index in [4.69, 9.17) is 21.1 Å². The maximum absolute atomic E-state index is 9.93. The fourth-order valence-electron chi connectivity index (χ4n) is 2.36. The lowest BCUT2D eigenvalue weighted by atomic mass is 10.0. The Labute approximate surface area is 131 Å². The first kappa shape index (κ1) is 16.6. The number of hydrogen-bond acceptors (Lipinski definition) is 4. The van der Waals surface area contributed by atoms with E-state index in [1.54, 1.807) is 0 Å².